The quantitative estimate of drug-likeness (QED) is 0.495. The summed E-state index contributed by atoms with van der Waals surface area (Å²) in [6.45, 7) is 1.46. The minimum Gasteiger partial charge on any atom is -0.497 e. The Balaban J connectivity index is 1.27. The molecule has 2 aromatic heterocycles. The van der Waals surface area contributed by atoms with E-state index in [2.05, 4.69) is 29.2 Å². The Hall–Kier alpha value is -3.59. The van der Waals surface area contributed by atoms with Crippen LogP contribution in [0.5, 0.6) is 5.75 Å². The van der Waals surface area contributed by atoms with E-state index < -0.39 is 0 Å². The summed E-state index contributed by atoms with van der Waals surface area (Å²) < 4.78 is 13.7. The molecule has 1 unspecified atom stereocenters. The number of piperidine rings is 1. The summed E-state index contributed by atoms with van der Waals surface area (Å²) in [5, 5.41) is 11.9. The highest BCUT2D eigenvalue weighted by molar-refractivity contribution is 7.00. The molecule has 0 spiro atoms. The molecule has 0 aliphatic carbocycles. The number of benzene rings is 2. The van der Waals surface area contributed by atoms with Gasteiger partial charge in [0.05, 0.1) is 36.1 Å². The van der Waals surface area contributed by atoms with Crippen molar-refractivity contribution < 1.29 is 9.53 Å². The maximum Gasteiger partial charge on any atom is 0.229 e. The van der Waals surface area contributed by atoms with Crippen molar-refractivity contribution in [1.29, 1.82) is 0 Å². The van der Waals surface area contributed by atoms with Gasteiger partial charge in [0, 0.05) is 18.7 Å². The van der Waals surface area contributed by atoms with Crippen LogP contribution in [0, 0.1) is 5.92 Å². The van der Waals surface area contributed by atoms with Crippen molar-refractivity contribution in [2.75, 3.05) is 30.4 Å². The molecule has 1 fully saturated rings. The molecule has 0 saturated carbocycles. The lowest BCUT2D eigenvalue weighted by molar-refractivity contribution is -0.120. The third-order valence-corrected chi connectivity index (χ3v) is 6.24. The molecule has 162 valence electrons. The maximum absolute atomic E-state index is 13.0. The molecule has 5 rings (SSSR count). The second-order valence-electron chi connectivity index (χ2n) is 7.72. The van der Waals surface area contributed by atoms with E-state index in [1.807, 2.05) is 54.6 Å². The van der Waals surface area contributed by atoms with Crippen LogP contribution in [0.25, 0.3) is 22.3 Å². The summed E-state index contributed by atoms with van der Waals surface area (Å²) >= 11 is 1.15. The third kappa shape index (κ3) is 4.11. The van der Waals surface area contributed by atoms with E-state index in [1.165, 1.54) is 0 Å². The van der Waals surface area contributed by atoms with Crippen LogP contribution in [0.2, 0.25) is 0 Å². The van der Waals surface area contributed by atoms with Crippen molar-refractivity contribution in [3.63, 3.8) is 0 Å². The zero-order valence-corrected chi connectivity index (χ0v) is 18.4. The Morgan fingerprint density at radius 3 is 2.75 bits per heavy atom. The number of rotatable bonds is 5. The van der Waals surface area contributed by atoms with Crippen molar-refractivity contribution in [1.82, 2.24) is 18.9 Å². The van der Waals surface area contributed by atoms with Gasteiger partial charge in [0.15, 0.2) is 5.82 Å². The Kier molecular flexibility index (Phi) is 5.64. The van der Waals surface area contributed by atoms with E-state index in [4.69, 9.17) is 4.74 Å². The van der Waals surface area contributed by atoms with Crippen molar-refractivity contribution in [3.8, 4) is 17.0 Å². The van der Waals surface area contributed by atoms with E-state index >= 15 is 0 Å². The fraction of sp³-hybridized carbons (Fsp3) is 0.261. The first-order valence-electron chi connectivity index (χ1n) is 10.5. The van der Waals surface area contributed by atoms with Crippen molar-refractivity contribution in [3.05, 3.63) is 54.6 Å². The maximum atomic E-state index is 13.0. The molecule has 1 saturated heterocycles. The first-order valence-corrected chi connectivity index (χ1v) is 11.2. The van der Waals surface area contributed by atoms with Crippen LogP contribution in [0.4, 0.5) is 11.5 Å². The Bertz CT molecular complexity index is 1230. The lowest BCUT2D eigenvalue weighted by atomic mass is 9.97. The molecular formula is C23H22N6O2S. The molecule has 1 N–H and O–H groups in total. The predicted octanol–water partition coefficient (Wildman–Crippen LogP) is 4.01. The number of aromatic nitrogens is 4. The summed E-state index contributed by atoms with van der Waals surface area (Å²) in [6.07, 6.45) is 1.76. The third-order valence-electron chi connectivity index (χ3n) is 5.70. The van der Waals surface area contributed by atoms with E-state index in [9.17, 15) is 4.79 Å². The molecular weight excluding hydrogens is 424 g/mol. The van der Waals surface area contributed by atoms with Gasteiger partial charge in [0.25, 0.3) is 0 Å². The highest BCUT2D eigenvalue weighted by atomic mass is 32.1. The van der Waals surface area contributed by atoms with Gasteiger partial charge in [-0.2, -0.15) is 8.75 Å². The van der Waals surface area contributed by atoms with E-state index in [1.54, 1.807) is 7.11 Å². The van der Waals surface area contributed by atoms with Crippen LogP contribution < -0.4 is 15.0 Å². The molecule has 32 heavy (non-hydrogen) atoms. The first kappa shape index (κ1) is 20.3. The zero-order chi connectivity index (χ0) is 21.9. The second kappa shape index (κ2) is 8.88. The Labute approximate surface area is 189 Å². The van der Waals surface area contributed by atoms with E-state index in [-0.39, 0.29) is 11.8 Å². The zero-order valence-electron chi connectivity index (χ0n) is 17.6. The van der Waals surface area contributed by atoms with Crippen LogP contribution in [-0.2, 0) is 4.79 Å². The largest absolute Gasteiger partial charge is 0.497 e. The molecule has 1 aliphatic heterocycles. The van der Waals surface area contributed by atoms with Gasteiger partial charge in [-0.3, -0.25) is 4.79 Å². The van der Waals surface area contributed by atoms with E-state index in [0.717, 1.165) is 65.0 Å². The van der Waals surface area contributed by atoms with Gasteiger partial charge in [-0.1, -0.05) is 6.07 Å². The average Bonchev–Trinajstić information content (AvgIpc) is 3.34. The van der Waals surface area contributed by atoms with Gasteiger partial charge in [0.2, 0.25) is 5.91 Å². The van der Waals surface area contributed by atoms with E-state index in [0.29, 0.717) is 12.2 Å². The Morgan fingerprint density at radius 1 is 1.09 bits per heavy atom. The number of carbonyl (C=O) groups excluding carboxylic acids is 1. The van der Waals surface area contributed by atoms with Gasteiger partial charge in [0.1, 0.15) is 16.8 Å². The van der Waals surface area contributed by atoms with Crippen LogP contribution in [-0.4, -0.2) is 45.1 Å². The molecule has 0 bridgehead atoms. The second-order valence-corrected chi connectivity index (χ2v) is 8.25. The van der Waals surface area contributed by atoms with Crippen molar-refractivity contribution in [2.45, 2.75) is 12.8 Å². The van der Waals surface area contributed by atoms with Gasteiger partial charge in [-0.15, -0.1) is 10.2 Å². The number of hydrogen-bond donors (Lipinski definition) is 1. The summed E-state index contributed by atoms with van der Waals surface area (Å²) in [5.74, 6) is 1.45. The monoisotopic (exact) mass is 446 g/mol. The number of hydrogen-bond acceptors (Lipinski definition) is 8. The Morgan fingerprint density at radius 2 is 1.97 bits per heavy atom. The lowest BCUT2D eigenvalue weighted by Crippen LogP contribution is -2.41. The number of amides is 1. The molecule has 9 heteroatoms. The number of methoxy groups -OCH3 is 1. The van der Waals surface area contributed by atoms with Gasteiger partial charge < -0.3 is 15.0 Å². The lowest BCUT2D eigenvalue weighted by Gasteiger charge is -2.32. The summed E-state index contributed by atoms with van der Waals surface area (Å²) in [4.78, 5) is 15.1. The first-order chi connectivity index (χ1) is 15.7. The number of ether oxygens (including phenoxy) is 1. The minimum atomic E-state index is -0.131. The van der Waals surface area contributed by atoms with Crippen LogP contribution in [0.1, 0.15) is 12.8 Å². The standard InChI is InChI=1S/C23H22N6O2S/c1-31-17-9-7-15(8-10-17)18-11-12-21(26-25-18)29-13-3-4-16(14-29)23(30)24-19-5-2-6-20-22(19)28-32-27-20/h2,5-12,16H,3-4,13-14H2,1H3,(H,24,30). The number of carbonyl (C=O) groups is 1. The van der Waals surface area contributed by atoms with Gasteiger partial charge >= 0.3 is 0 Å². The molecule has 0 radical (unpaired) electrons. The van der Waals surface area contributed by atoms with Crippen LogP contribution in [0.3, 0.4) is 0 Å². The molecule has 4 aromatic rings. The van der Waals surface area contributed by atoms with Crippen molar-refractivity contribution >= 4 is 40.2 Å². The molecule has 1 amide bonds. The highest BCUT2D eigenvalue weighted by Gasteiger charge is 2.27. The molecule has 8 nitrogen and oxygen atoms in total. The SMILES string of the molecule is COc1ccc(-c2ccc(N3CCCC(C(=O)Nc4cccc5nsnc45)C3)nn2)cc1. The summed E-state index contributed by atoms with van der Waals surface area (Å²) in [7, 11) is 1.65. The van der Waals surface area contributed by atoms with Crippen LogP contribution >= 0.6 is 11.7 Å². The number of nitrogens with zero attached hydrogens (tertiary/aromatic N) is 5. The van der Waals surface area contributed by atoms with Crippen LogP contribution in [0.15, 0.2) is 54.6 Å². The van der Waals surface area contributed by atoms with Crippen molar-refractivity contribution in [2.24, 2.45) is 5.92 Å². The number of anilines is 2. The van der Waals surface area contributed by atoms with Gasteiger partial charge in [-0.05, 0) is 61.4 Å². The fourth-order valence-electron chi connectivity index (χ4n) is 3.95. The minimum absolute atomic E-state index is 0.00184. The van der Waals surface area contributed by atoms with Gasteiger partial charge in [-0.25, -0.2) is 0 Å². The topological polar surface area (TPSA) is 93.1 Å². The molecule has 3 heterocycles. The molecule has 2 aromatic carbocycles. The predicted molar refractivity (Wildman–Crippen MR) is 125 cm³/mol. The molecule has 1 aliphatic rings. The number of fused-ring (bicyclic) bond motifs is 1. The molecule has 1 atom stereocenters. The summed E-state index contributed by atoms with van der Waals surface area (Å²) in [6, 6.07) is 17.3. The summed E-state index contributed by atoms with van der Waals surface area (Å²) in [5.41, 5.74) is 4.02. The fourth-order valence-corrected chi connectivity index (χ4v) is 4.50. The number of nitrogens with one attached hydrogen (secondary N) is 1. The average molecular weight is 447 g/mol. The highest BCUT2D eigenvalue weighted by Crippen LogP contribution is 2.27. The smallest absolute Gasteiger partial charge is 0.229 e. The normalized spacial score (nSPS) is 16.2.